The largest absolute Gasteiger partial charge is 0.375 e. The lowest BCUT2D eigenvalue weighted by molar-refractivity contribution is -0.0388. The van der Waals surface area contributed by atoms with Gasteiger partial charge in [0, 0.05) is 12.6 Å². The number of ether oxygens (including phenoxy) is 1. The summed E-state index contributed by atoms with van der Waals surface area (Å²) >= 11 is 0. The van der Waals surface area contributed by atoms with Crippen LogP contribution in [0.1, 0.15) is 38.2 Å². The highest BCUT2D eigenvalue weighted by atomic mass is 16.5. The third kappa shape index (κ3) is 3.48. The third-order valence-electron chi connectivity index (χ3n) is 3.27. The zero-order chi connectivity index (χ0) is 14.7. The minimum absolute atomic E-state index is 0.0277. The molecule has 1 aromatic rings. The van der Waals surface area contributed by atoms with Crippen molar-refractivity contribution in [3.05, 3.63) is 23.9 Å². The SMILES string of the molecule is CC(C)Nc1cccc(C(=O)N2CC(C)OCC2C)n1. The number of carbonyl (C=O) groups is 1. The summed E-state index contributed by atoms with van der Waals surface area (Å²) in [5.74, 6) is 0.708. The Balaban J connectivity index is 2.15. The Kier molecular flexibility index (Phi) is 4.60. The predicted octanol–water partition coefficient (Wildman–Crippen LogP) is 2.15. The lowest BCUT2D eigenvalue weighted by Gasteiger charge is -2.36. The van der Waals surface area contributed by atoms with E-state index in [0.717, 1.165) is 5.82 Å². The van der Waals surface area contributed by atoms with Gasteiger partial charge in [-0.05, 0) is 39.8 Å². The number of carbonyl (C=O) groups excluding carboxylic acids is 1. The topological polar surface area (TPSA) is 54.5 Å². The number of nitrogens with zero attached hydrogens (tertiary/aromatic N) is 2. The van der Waals surface area contributed by atoms with Crippen molar-refractivity contribution in [3.8, 4) is 0 Å². The van der Waals surface area contributed by atoms with Crippen molar-refractivity contribution in [1.29, 1.82) is 0 Å². The van der Waals surface area contributed by atoms with Crippen molar-refractivity contribution < 1.29 is 9.53 Å². The number of morpholine rings is 1. The molecule has 0 radical (unpaired) electrons. The van der Waals surface area contributed by atoms with Crippen molar-refractivity contribution >= 4 is 11.7 Å². The zero-order valence-electron chi connectivity index (χ0n) is 12.6. The van der Waals surface area contributed by atoms with Crippen LogP contribution in [0.25, 0.3) is 0 Å². The molecule has 5 heteroatoms. The fraction of sp³-hybridized carbons (Fsp3) is 0.600. The highest BCUT2D eigenvalue weighted by molar-refractivity contribution is 5.93. The van der Waals surface area contributed by atoms with E-state index in [-0.39, 0.29) is 24.1 Å². The molecular formula is C15H23N3O2. The number of rotatable bonds is 3. The number of aromatic nitrogens is 1. The normalized spacial score (nSPS) is 22.9. The Morgan fingerprint density at radius 3 is 2.90 bits per heavy atom. The summed E-state index contributed by atoms with van der Waals surface area (Å²) in [6.45, 7) is 9.26. The molecule has 0 saturated carbocycles. The number of hydrogen-bond donors (Lipinski definition) is 1. The van der Waals surface area contributed by atoms with Gasteiger partial charge in [0.25, 0.3) is 5.91 Å². The van der Waals surface area contributed by atoms with E-state index in [0.29, 0.717) is 18.8 Å². The second-order valence-electron chi connectivity index (χ2n) is 5.66. The lowest BCUT2D eigenvalue weighted by Crippen LogP contribution is -2.50. The summed E-state index contributed by atoms with van der Waals surface area (Å²) in [7, 11) is 0. The molecule has 1 saturated heterocycles. The number of amides is 1. The average molecular weight is 277 g/mol. The highest BCUT2D eigenvalue weighted by Crippen LogP contribution is 2.16. The Morgan fingerprint density at radius 2 is 2.20 bits per heavy atom. The van der Waals surface area contributed by atoms with Gasteiger partial charge < -0.3 is 15.0 Å². The Hall–Kier alpha value is -1.62. The van der Waals surface area contributed by atoms with Crippen LogP contribution in [0.15, 0.2) is 18.2 Å². The van der Waals surface area contributed by atoms with Gasteiger partial charge in [-0.1, -0.05) is 6.07 Å². The van der Waals surface area contributed by atoms with Crippen LogP contribution < -0.4 is 5.32 Å². The maximum absolute atomic E-state index is 12.6. The molecule has 1 aromatic heterocycles. The first-order chi connectivity index (χ1) is 9.47. The summed E-state index contributed by atoms with van der Waals surface area (Å²) in [4.78, 5) is 18.8. The first kappa shape index (κ1) is 14.8. The molecule has 110 valence electrons. The van der Waals surface area contributed by atoms with Crippen molar-refractivity contribution in [3.63, 3.8) is 0 Å². The van der Waals surface area contributed by atoms with Crippen LogP contribution >= 0.6 is 0 Å². The Labute approximate surface area is 120 Å². The van der Waals surface area contributed by atoms with E-state index >= 15 is 0 Å². The molecule has 1 aliphatic heterocycles. The Morgan fingerprint density at radius 1 is 1.45 bits per heavy atom. The summed E-state index contributed by atoms with van der Waals surface area (Å²) in [5, 5.41) is 3.22. The summed E-state index contributed by atoms with van der Waals surface area (Å²) < 4.78 is 5.56. The molecule has 5 nitrogen and oxygen atoms in total. The van der Waals surface area contributed by atoms with E-state index in [9.17, 15) is 4.79 Å². The maximum Gasteiger partial charge on any atom is 0.272 e. The van der Waals surface area contributed by atoms with Gasteiger partial charge in [0.05, 0.1) is 18.8 Å². The van der Waals surface area contributed by atoms with Crippen LogP contribution in [-0.4, -0.2) is 47.1 Å². The van der Waals surface area contributed by atoms with Gasteiger partial charge in [-0.2, -0.15) is 0 Å². The quantitative estimate of drug-likeness (QED) is 0.920. The van der Waals surface area contributed by atoms with Gasteiger partial charge in [-0.3, -0.25) is 4.79 Å². The van der Waals surface area contributed by atoms with E-state index < -0.39 is 0 Å². The van der Waals surface area contributed by atoms with Crippen LogP contribution in [0.2, 0.25) is 0 Å². The number of anilines is 1. The van der Waals surface area contributed by atoms with E-state index in [2.05, 4.69) is 10.3 Å². The minimum atomic E-state index is -0.0277. The van der Waals surface area contributed by atoms with Crippen LogP contribution in [0.4, 0.5) is 5.82 Å². The van der Waals surface area contributed by atoms with E-state index in [1.54, 1.807) is 6.07 Å². The molecule has 0 spiro atoms. The fourth-order valence-corrected chi connectivity index (χ4v) is 2.26. The molecular weight excluding hydrogens is 254 g/mol. The minimum Gasteiger partial charge on any atom is -0.375 e. The van der Waals surface area contributed by atoms with E-state index in [1.165, 1.54) is 0 Å². The summed E-state index contributed by atoms with van der Waals surface area (Å²) in [6, 6.07) is 5.87. The van der Waals surface area contributed by atoms with Gasteiger partial charge >= 0.3 is 0 Å². The molecule has 2 rings (SSSR count). The average Bonchev–Trinajstić information content (AvgIpc) is 2.40. The fourth-order valence-electron chi connectivity index (χ4n) is 2.26. The van der Waals surface area contributed by atoms with Crippen LogP contribution in [-0.2, 0) is 4.74 Å². The first-order valence-electron chi connectivity index (χ1n) is 7.13. The second-order valence-corrected chi connectivity index (χ2v) is 5.66. The van der Waals surface area contributed by atoms with Crippen LogP contribution in [0, 0.1) is 0 Å². The highest BCUT2D eigenvalue weighted by Gasteiger charge is 2.28. The van der Waals surface area contributed by atoms with Gasteiger partial charge in [0.15, 0.2) is 0 Å². The van der Waals surface area contributed by atoms with Gasteiger partial charge in [0.1, 0.15) is 11.5 Å². The molecule has 0 bridgehead atoms. The van der Waals surface area contributed by atoms with Gasteiger partial charge in [-0.15, -0.1) is 0 Å². The molecule has 2 atom stereocenters. The third-order valence-corrected chi connectivity index (χ3v) is 3.27. The maximum atomic E-state index is 12.6. The van der Waals surface area contributed by atoms with E-state index in [1.807, 2.05) is 44.7 Å². The first-order valence-corrected chi connectivity index (χ1v) is 7.13. The molecule has 2 heterocycles. The molecule has 1 aliphatic rings. The number of hydrogen-bond acceptors (Lipinski definition) is 4. The van der Waals surface area contributed by atoms with Crippen molar-refractivity contribution in [1.82, 2.24) is 9.88 Å². The summed E-state index contributed by atoms with van der Waals surface area (Å²) in [6.07, 6.45) is 0.0760. The molecule has 1 amide bonds. The van der Waals surface area contributed by atoms with E-state index in [4.69, 9.17) is 4.74 Å². The molecule has 1 N–H and O–H groups in total. The molecule has 2 unspecified atom stereocenters. The van der Waals surface area contributed by atoms with Crippen molar-refractivity contribution in [2.75, 3.05) is 18.5 Å². The monoisotopic (exact) mass is 277 g/mol. The van der Waals surface area contributed by atoms with Crippen molar-refractivity contribution in [2.24, 2.45) is 0 Å². The smallest absolute Gasteiger partial charge is 0.272 e. The zero-order valence-corrected chi connectivity index (χ0v) is 12.6. The summed E-state index contributed by atoms with van der Waals surface area (Å²) in [5.41, 5.74) is 0.483. The number of nitrogens with one attached hydrogen (secondary N) is 1. The molecule has 0 aromatic carbocycles. The van der Waals surface area contributed by atoms with Gasteiger partial charge in [-0.25, -0.2) is 4.98 Å². The predicted molar refractivity (Wildman–Crippen MR) is 78.9 cm³/mol. The number of pyridine rings is 1. The molecule has 20 heavy (non-hydrogen) atoms. The lowest BCUT2D eigenvalue weighted by atomic mass is 10.2. The molecule has 0 aliphatic carbocycles. The molecule has 1 fully saturated rings. The standard InChI is InChI=1S/C15H23N3O2/c1-10(2)16-14-7-5-6-13(17-14)15(19)18-8-12(4)20-9-11(18)3/h5-7,10-12H,8-9H2,1-4H3,(H,16,17). The Bertz CT molecular complexity index is 476. The van der Waals surface area contributed by atoms with Crippen LogP contribution in [0.5, 0.6) is 0 Å². The van der Waals surface area contributed by atoms with Crippen molar-refractivity contribution in [2.45, 2.75) is 45.9 Å². The van der Waals surface area contributed by atoms with Crippen LogP contribution in [0.3, 0.4) is 0 Å². The van der Waals surface area contributed by atoms with Gasteiger partial charge in [0.2, 0.25) is 0 Å². The second kappa shape index (κ2) is 6.22.